The summed E-state index contributed by atoms with van der Waals surface area (Å²) in [5.41, 5.74) is 2.80. The summed E-state index contributed by atoms with van der Waals surface area (Å²) in [6.07, 6.45) is 0.754. The molecule has 0 N–H and O–H groups in total. The first-order valence-electron chi connectivity index (χ1n) is 11.2. The van der Waals surface area contributed by atoms with Crippen LogP contribution in [0.3, 0.4) is 0 Å². The standard InChI is InChI=1S/C28H26O6/c1-4-15-31-28(30)20-9-11-22(12-10-20)34-27-19(3)33-25-16-23(13-14-24(25)26(27)29)32-17-21-8-6-5-7-18(21)2/h5-14,16H,4,15,17H2,1-3H3. The monoisotopic (exact) mass is 458 g/mol. The number of benzene rings is 3. The first-order valence-corrected chi connectivity index (χ1v) is 11.2. The fourth-order valence-corrected chi connectivity index (χ4v) is 3.46. The van der Waals surface area contributed by atoms with E-state index in [1.165, 1.54) is 0 Å². The van der Waals surface area contributed by atoms with E-state index < -0.39 is 5.97 Å². The molecule has 4 aromatic rings. The second-order valence-corrected chi connectivity index (χ2v) is 7.95. The summed E-state index contributed by atoms with van der Waals surface area (Å²) in [6, 6.07) is 19.6. The molecule has 1 aromatic heterocycles. The van der Waals surface area contributed by atoms with Gasteiger partial charge in [-0.1, -0.05) is 31.2 Å². The second-order valence-electron chi connectivity index (χ2n) is 7.95. The number of carbonyl (C=O) groups excluding carboxylic acids is 1. The lowest BCUT2D eigenvalue weighted by molar-refractivity contribution is 0.0505. The second kappa shape index (κ2) is 10.3. The Hall–Kier alpha value is -4.06. The van der Waals surface area contributed by atoms with Crippen molar-refractivity contribution in [3.05, 3.63) is 99.4 Å². The minimum atomic E-state index is -0.393. The molecule has 0 amide bonds. The van der Waals surface area contributed by atoms with Crippen LogP contribution >= 0.6 is 0 Å². The van der Waals surface area contributed by atoms with Crippen molar-refractivity contribution in [2.75, 3.05) is 6.61 Å². The predicted molar refractivity (Wildman–Crippen MR) is 130 cm³/mol. The maximum absolute atomic E-state index is 13.1. The Balaban J connectivity index is 1.53. The van der Waals surface area contributed by atoms with Gasteiger partial charge in [0.25, 0.3) is 0 Å². The summed E-state index contributed by atoms with van der Waals surface area (Å²) in [7, 11) is 0. The molecule has 0 aliphatic carbocycles. The number of fused-ring (bicyclic) bond motifs is 1. The quantitative estimate of drug-likeness (QED) is 0.287. The molecule has 34 heavy (non-hydrogen) atoms. The van der Waals surface area contributed by atoms with Crippen LogP contribution in [-0.2, 0) is 11.3 Å². The third-order valence-corrected chi connectivity index (χ3v) is 5.39. The number of carbonyl (C=O) groups is 1. The molecule has 6 heteroatoms. The summed E-state index contributed by atoms with van der Waals surface area (Å²) in [6.45, 7) is 6.43. The lowest BCUT2D eigenvalue weighted by atomic mass is 10.1. The van der Waals surface area contributed by atoms with E-state index >= 15 is 0 Å². The van der Waals surface area contributed by atoms with Gasteiger partial charge in [0.05, 0.1) is 17.6 Å². The number of rotatable bonds is 8. The predicted octanol–water partition coefficient (Wildman–Crippen LogP) is 6.35. The van der Waals surface area contributed by atoms with Gasteiger partial charge >= 0.3 is 5.97 Å². The highest BCUT2D eigenvalue weighted by atomic mass is 16.5. The van der Waals surface area contributed by atoms with Gasteiger partial charge in [0.2, 0.25) is 11.2 Å². The average Bonchev–Trinajstić information content (AvgIpc) is 2.85. The molecule has 0 unspecified atom stereocenters. The van der Waals surface area contributed by atoms with Crippen LogP contribution in [0.1, 0.15) is 40.6 Å². The Bertz CT molecular complexity index is 1370. The Morgan fingerprint density at radius 2 is 1.68 bits per heavy atom. The zero-order valence-electron chi connectivity index (χ0n) is 19.4. The van der Waals surface area contributed by atoms with Crippen LogP contribution < -0.4 is 14.9 Å². The van der Waals surface area contributed by atoms with E-state index in [2.05, 4.69) is 0 Å². The van der Waals surface area contributed by atoms with Crippen LogP contribution in [0.25, 0.3) is 11.0 Å². The van der Waals surface area contributed by atoms with Crippen molar-refractivity contribution in [2.24, 2.45) is 0 Å². The van der Waals surface area contributed by atoms with E-state index in [1.54, 1.807) is 49.4 Å². The zero-order valence-corrected chi connectivity index (χ0v) is 19.4. The Morgan fingerprint density at radius 3 is 2.41 bits per heavy atom. The Labute approximate surface area is 197 Å². The summed E-state index contributed by atoms with van der Waals surface area (Å²) in [5, 5.41) is 0.392. The van der Waals surface area contributed by atoms with Gasteiger partial charge in [0.15, 0.2) is 0 Å². The molecule has 0 bridgehead atoms. The van der Waals surface area contributed by atoms with Crippen LogP contribution in [0.5, 0.6) is 17.2 Å². The minimum absolute atomic E-state index is 0.0994. The molecule has 3 aromatic carbocycles. The highest BCUT2D eigenvalue weighted by Gasteiger charge is 2.15. The molecule has 0 saturated heterocycles. The molecule has 0 aliphatic rings. The van der Waals surface area contributed by atoms with Crippen LogP contribution in [-0.4, -0.2) is 12.6 Å². The van der Waals surface area contributed by atoms with Crippen molar-refractivity contribution < 1.29 is 23.4 Å². The first-order chi connectivity index (χ1) is 16.5. The molecular formula is C28H26O6. The van der Waals surface area contributed by atoms with Crippen LogP contribution in [0, 0.1) is 13.8 Å². The van der Waals surface area contributed by atoms with Crippen LogP contribution in [0.2, 0.25) is 0 Å². The molecule has 1 heterocycles. The highest BCUT2D eigenvalue weighted by molar-refractivity contribution is 5.89. The van der Waals surface area contributed by atoms with E-state index in [0.29, 0.717) is 47.0 Å². The normalized spacial score (nSPS) is 10.8. The van der Waals surface area contributed by atoms with Gasteiger partial charge in [-0.3, -0.25) is 4.79 Å². The number of hydrogen-bond donors (Lipinski definition) is 0. The average molecular weight is 459 g/mol. The van der Waals surface area contributed by atoms with Crippen LogP contribution in [0.15, 0.2) is 75.9 Å². The van der Waals surface area contributed by atoms with Crippen molar-refractivity contribution in [3.8, 4) is 17.2 Å². The molecule has 174 valence electrons. The largest absolute Gasteiger partial charge is 0.489 e. The van der Waals surface area contributed by atoms with Crippen molar-refractivity contribution in [1.82, 2.24) is 0 Å². The number of ether oxygens (including phenoxy) is 3. The van der Waals surface area contributed by atoms with Gasteiger partial charge in [-0.25, -0.2) is 4.79 Å². The lowest BCUT2D eigenvalue weighted by Crippen LogP contribution is -2.08. The molecule has 0 aliphatic heterocycles. The van der Waals surface area contributed by atoms with E-state index in [1.807, 2.05) is 38.1 Å². The number of hydrogen-bond acceptors (Lipinski definition) is 6. The van der Waals surface area contributed by atoms with Crippen LogP contribution in [0.4, 0.5) is 0 Å². The van der Waals surface area contributed by atoms with E-state index in [4.69, 9.17) is 18.6 Å². The fourth-order valence-electron chi connectivity index (χ4n) is 3.46. The Kier molecular flexibility index (Phi) is 6.97. The maximum Gasteiger partial charge on any atom is 0.338 e. The molecule has 6 nitrogen and oxygen atoms in total. The molecule has 0 radical (unpaired) electrons. The molecule has 0 atom stereocenters. The van der Waals surface area contributed by atoms with Gasteiger partial charge in [-0.05, 0) is 67.8 Å². The van der Waals surface area contributed by atoms with E-state index in [0.717, 1.165) is 17.5 Å². The van der Waals surface area contributed by atoms with Gasteiger partial charge < -0.3 is 18.6 Å². The number of esters is 1. The summed E-state index contributed by atoms with van der Waals surface area (Å²) in [5.74, 6) is 1.08. The van der Waals surface area contributed by atoms with Gasteiger partial charge in [0, 0.05) is 6.07 Å². The number of aryl methyl sites for hydroxylation is 2. The first kappa shape index (κ1) is 23.1. The molecular weight excluding hydrogens is 432 g/mol. The molecule has 4 rings (SSSR count). The van der Waals surface area contributed by atoms with E-state index in [9.17, 15) is 9.59 Å². The smallest absolute Gasteiger partial charge is 0.338 e. The summed E-state index contributed by atoms with van der Waals surface area (Å²) >= 11 is 0. The van der Waals surface area contributed by atoms with E-state index in [-0.39, 0.29) is 11.2 Å². The molecule has 0 saturated carbocycles. The van der Waals surface area contributed by atoms with Gasteiger partial charge in [0.1, 0.15) is 29.4 Å². The molecule has 0 spiro atoms. The van der Waals surface area contributed by atoms with Crippen molar-refractivity contribution in [3.63, 3.8) is 0 Å². The maximum atomic E-state index is 13.1. The molecule has 0 fully saturated rings. The summed E-state index contributed by atoms with van der Waals surface area (Å²) in [4.78, 5) is 25.0. The SMILES string of the molecule is CCCOC(=O)c1ccc(Oc2c(C)oc3cc(OCc4ccccc4C)ccc3c2=O)cc1. The lowest BCUT2D eigenvalue weighted by Gasteiger charge is -2.11. The van der Waals surface area contributed by atoms with Gasteiger partial charge in [-0.15, -0.1) is 0 Å². The highest BCUT2D eigenvalue weighted by Crippen LogP contribution is 2.28. The van der Waals surface area contributed by atoms with Gasteiger partial charge in [-0.2, -0.15) is 0 Å². The summed E-state index contributed by atoms with van der Waals surface area (Å²) < 4.78 is 22.7. The fraction of sp³-hybridized carbons (Fsp3) is 0.214. The minimum Gasteiger partial charge on any atom is -0.489 e. The topological polar surface area (TPSA) is 75.0 Å². The Morgan fingerprint density at radius 1 is 0.941 bits per heavy atom. The third-order valence-electron chi connectivity index (χ3n) is 5.39. The van der Waals surface area contributed by atoms with Crippen molar-refractivity contribution >= 4 is 16.9 Å². The van der Waals surface area contributed by atoms with Crippen molar-refractivity contribution in [2.45, 2.75) is 33.8 Å². The third kappa shape index (κ3) is 5.12. The zero-order chi connectivity index (χ0) is 24.1. The van der Waals surface area contributed by atoms with Crippen molar-refractivity contribution in [1.29, 1.82) is 0 Å².